The highest BCUT2D eigenvalue weighted by molar-refractivity contribution is 6.17. The second kappa shape index (κ2) is 6.53. The van der Waals surface area contributed by atoms with E-state index in [-0.39, 0.29) is 0 Å². The van der Waals surface area contributed by atoms with E-state index in [9.17, 15) is 0 Å². The third-order valence-electron chi connectivity index (χ3n) is 3.73. The molecular weight excluding hydrogens is 260 g/mol. The molecule has 1 saturated heterocycles. The molecule has 0 atom stereocenters. The standard InChI is InChI=1S/C14H23ClN4/c1-11-13(8-15)9-16-14(17-11)19-6-4-12(5-7-19)10-18(2)3/h9,12H,4-8,10H2,1-3H3. The molecule has 0 radical (unpaired) electrons. The summed E-state index contributed by atoms with van der Waals surface area (Å²) in [7, 11) is 4.29. The molecule has 19 heavy (non-hydrogen) atoms. The Bertz CT molecular complexity index is 414. The molecule has 0 unspecified atom stereocenters. The molecular formula is C14H23ClN4. The van der Waals surface area contributed by atoms with Gasteiger partial charge in [0.1, 0.15) is 0 Å². The fourth-order valence-corrected chi connectivity index (χ4v) is 2.86. The molecule has 1 aromatic rings. The molecule has 106 valence electrons. The van der Waals surface area contributed by atoms with Crippen LogP contribution in [0.4, 0.5) is 5.95 Å². The van der Waals surface area contributed by atoms with Crippen LogP contribution in [0.5, 0.6) is 0 Å². The van der Waals surface area contributed by atoms with E-state index in [1.54, 1.807) is 0 Å². The molecule has 0 aromatic carbocycles. The highest BCUT2D eigenvalue weighted by Crippen LogP contribution is 2.21. The van der Waals surface area contributed by atoms with Gasteiger partial charge >= 0.3 is 0 Å². The summed E-state index contributed by atoms with van der Waals surface area (Å²) >= 11 is 5.84. The summed E-state index contributed by atoms with van der Waals surface area (Å²) in [4.78, 5) is 13.6. The van der Waals surface area contributed by atoms with E-state index in [4.69, 9.17) is 11.6 Å². The first kappa shape index (κ1) is 14.5. The Hall–Kier alpha value is -0.870. The second-order valence-electron chi connectivity index (χ2n) is 5.61. The molecule has 0 N–H and O–H groups in total. The monoisotopic (exact) mass is 282 g/mol. The van der Waals surface area contributed by atoms with Crippen molar-refractivity contribution in [1.29, 1.82) is 0 Å². The molecule has 5 heteroatoms. The van der Waals surface area contributed by atoms with Gasteiger partial charge in [-0.25, -0.2) is 9.97 Å². The van der Waals surface area contributed by atoms with Crippen LogP contribution >= 0.6 is 11.6 Å². The minimum Gasteiger partial charge on any atom is -0.341 e. The van der Waals surface area contributed by atoms with Crippen molar-refractivity contribution in [2.75, 3.05) is 38.6 Å². The number of rotatable bonds is 4. The van der Waals surface area contributed by atoms with Crippen LogP contribution in [0.3, 0.4) is 0 Å². The van der Waals surface area contributed by atoms with Crippen molar-refractivity contribution < 1.29 is 0 Å². The number of nitrogens with zero attached hydrogens (tertiary/aromatic N) is 4. The third kappa shape index (κ3) is 3.80. The number of anilines is 1. The number of aryl methyl sites for hydroxylation is 1. The Balaban J connectivity index is 1.96. The summed E-state index contributed by atoms with van der Waals surface area (Å²) in [5.74, 6) is 2.14. The Kier molecular flexibility index (Phi) is 4.99. The first-order valence-electron chi connectivity index (χ1n) is 6.88. The molecule has 0 spiro atoms. The van der Waals surface area contributed by atoms with Crippen LogP contribution < -0.4 is 4.90 Å². The van der Waals surface area contributed by atoms with Crippen molar-refractivity contribution >= 4 is 17.5 Å². The predicted octanol–water partition coefficient (Wildman–Crippen LogP) is 2.30. The van der Waals surface area contributed by atoms with Gasteiger partial charge in [-0.2, -0.15) is 0 Å². The first-order chi connectivity index (χ1) is 9.10. The van der Waals surface area contributed by atoms with Crippen LogP contribution in [0.25, 0.3) is 0 Å². The van der Waals surface area contributed by atoms with Crippen LogP contribution in [0.15, 0.2) is 6.20 Å². The lowest BCUT2D eigenvalue weighted by Crippen LogP contribution is -2.38. The average Bonchev–Trinajstić information content (AvgIpc) is 2.39. The van der Waals surface area contributed by atoms with Gasteiger partial charge in [0.15, 0.2) is 0 Å². The van der Waals surface area contributed by atoms with E-state index < -0.39 is 0 Å². The smallest absolute Gasteiger partial charge is 0.225 e. The van der Waals surface area contributed by atoms with Crippen molar-refractivity contribution in [1.82, 2.24) is 14.9 Å². The van der Waals surface area contributed by atoms with E-state index in [1.165, 1.54) is 19.4 Å². The molecule has 4 nitrogen and oxygen atoms in total. The summed E-state index contributed by atoms with van der Waals surface area (Å²) < 4.78 is 0. The van der Waals surface area contributed by atoms with E-state index in [1.807, 2.05) is 13.1 Å². The van der Waals surface area contributed by atoms with Gasteiger partial charge in [-0.15, -0.1) is 11.6 Å². The largest absolute Gasteiger partial charge is 0.341 e. The van der Waals surface area contributed by atoms with Crippen molar-refractivity contribution in [3.05, 3.63) is 17.5 Å². The summed E-state index contributed by atoms with van der Waals surface area (Å²) in [5.41, 5.74) is 2.02. The quantitative estimate of drug-likeness (QED) is 0.794. The highest BCUT2D eigenvalue weighted by Gasteiger charge is 2.21. The van der Waals surface area contributed by atoms with Crippen LogP contribution in [0.2, 0.25) is 0 Å². The molecule has 1 fully saturated rings. The molecule has 2 heterocycles. The lowest BCUT2D eigenvalue weighted by Gasteiger charge is -2.33. The predicted molar refractivity (Wildman–Crippen MR) is 79.8 cm³/mol. The van der Waals surface area contributed by atoms with Crippen molar-refractivity contribution in [2.45, 2.75) is 25.6 Å². The normalized spacial score (nSPS) is 17.2. The molecule has 0 saturated carbocycles. The third-order valence-corrected chi connectivity index (χ3v) is 4.02. The Morgan fingerprint density at radius 3 is 2.58 bits per heavy atom. The van der Waals surface area contributed by atoms with Gasteiger partial charge in [-0.1, -0.05) is 0 Å². The summed E-state index contributed by atoms with van der Waals surface area (Å²) in [6.45, 7) is 5.29. The lowest BCUT2D eigenvalue weighted by molar-refractivity contribution is 0.284. The number of piperidine rings is 1. The van der Waals surface area contributed by atoms with E-state index in [2.05, 4.69) is 33.9 Å². The minimum atomic E-state index is 0.483. The van der Waals surface area contributed by atoms with E-state index in [0.29, 0.717) is 5.88 Å². The topological polar surface area (TPSA) is 32.3 Å². The minimum absolute atomic E-state index is 0.483. The molecule has 2 rings (SSSR count). The van der Waals surface area contributed by atoms with Gasteiger partial charge in [-0.05, 0) is 39.8 Å². The zero-order valence-corrected chi connectivity index (χ0v) is 12.8. The van der Waals surface area contributed by atoms with Crippen LogP contribution in [0.1, 0.15) is 24.1 Å². The fourth-order valence-electron chi connectivity index (χ4n) is 2.60. The maximum atomic E-state index is 5.84. The van der Waals surface area contributed by atoms with Gasteiger partial charge in [0, 0.05) is 37.1 Å². The Morgan fingerprint density at radius 2 is 2.05 bits per heavy atom. The number of halogens is 1. The second-order valence-corrected chi connectivity index (χ2v) is 5.87. The highest BCUT2D eigenvalue weighted by atomic mass is 35.5. The molecule has 1 aliphatic rings. The van der Waals surface area contributed by atoms with Gasteiger partial charge in [0.05, 0.1) is 5.88 Å². The molecule has 1 aromatic heterocycles. The molecule has 0 amide bonds. The zero-order valence-electron chi connectivity index (χ0n) is 12.1. The zero-order chi connectivity index (χ0) is 13.8. The molecule has 0 aliphatic carbocycles. The SMILES string of the molecule is Cc1nc(N2CCC(CN(C)C)CC2)ncc1CCl. The maximum Gasteiger partial charge on any atom is 0.225 e. The van der Waals surface area contributed by atoms with E-state index in [0.717, 1.165) is 36.2 Å². The first-order valence-corrected chi connectivity index (χ1v) is 7.41. The van der Waals surface area contributed by atoms with E-state index >= 15 is 0 Å². The Labute approximate surface area is 120 Å². The molecule has 0 bridgehead atoms. The van der Waals surface area contributed by atoms with Crippen LogP contribution in [-0.2, 0) is 5.88 Å². The summed E-state index contributed by atoms with van der Waals surface area (Å²) in [6.07, 6.45) is 4.30. The van der Waals surface area contributed by atoms with Gasteiger partial charge in [-0.3, -0.25) is 0 Å². The molecule has 1 aliphatic heterocycles. The van der Waals surface area contributed by atoms with Gasteiger partial charge in [0.2, 0.25) is 5.95 Å². The van der Waals surface area contributed by atoms with Crippen LogP contribution in [0, 0.1) is 12.8 Å². The van der Waals surface area contributed by atoms with Gasteiger partial charge < -0.3 is 9.80 Å². The maximum absolute atomic E-state index is 5.84. The summed E-state index contributed by atoms with van der Waals surface area (Å²) in [6, 6.07) is 0. The summed E-state index contributed by atoms with van der Waals surface area (Å²) in [5, 5.41) is 0. The lowest BCUT2D eigenvalue weighted by atomic mass is 9.97. The van der Waals surface area contributed by atoms with Crippen LogP contribution in [-0.4, -0.2) is 48.6 Å². The Morgan fingerprint density at radius 1 is 1.37 bits per heavy atom. The van der Waals surface area contributed by atoms with Crippen molar-refractivity contribution in [2.24, 2.45) is 5.92 Å². The van der Waals surface area contributed by atoms with Crippen molar-refractivity contribution in [3.63, 3.8) is 0 Å². The van der Waals surface area contributed by atoms with Crippen molar-refractivity contribution in [3.8, 4) is 0 Å². The number of hydrogen-bond donors (Lipinski definition) is 0. The average molecular weight is 283 g/mol. The number of hydrogen-bond acceptors (Lipinski definition) is 4. The fraction of sp³-hybridized carbons (Fsp3) is 0.714. The number of alkyl halides is 1. The number of aromatic nitrogens is 2. The van der Waals surface area contributed by atoms with Gasteiger partial charge in [0.25, 0.3) is 0 Å².